The van der Waals surface area contributed by atoms with Gasteiger partial charge in [-0.3, -0.25) is 4.79 Å². The van der Waals surface area contributed by atoms with Gasteiger partial charge in [-0.15, -0.1) is 0 Å². The van der Waals surface area contributed by atoms with E-state index in [9.17, 15) is 4.79 Å². The van der Waals surface area contributed by atoms with Crippen molar-refractivity contribution < 1.29 is 9.21 Å². The lowest BCUT2D eigenvalue weighted by molar-refractivity contribution is -0.126. The molecule has 0 N–H and O–H groups in total. The van der Waals surface area contributed by atoms with Gasteiger partial charge >= 0.3 is 0 Å². The Kier molecular flexibility index (Phi) is 5.43. The summed E-state index contributed by atoms with van der Waals surface area (Å²) in [6.07, 6.45) is 4.61. The van der Waals surface area contributed by atoms with Gasteiger partial charge < -0.3 is 14.2 Å². The average Bonchev–Trinajstić information content (AvgIpc) is 3.25. The predicted molar refractivity (Wildman–Crippen MR) is 114 cm³/mol. The number of aryl methyl sites for hydroxylation is 1. The molecule has 1 aliphatic heterocycles. The van der Waals surface area contributed by atoms with Gasteiger partial charge in [0.1, 0.15) is 23.2 Å². The van der Waals surface area contributed by atoms with Crippen molar-refractivity contribution in [1.82, 2.24) is 14.9 Å². The zero-order chi connectivity index (χ0) is 20.5. The van der Waals surface area contributed by atoms with Gasteiger partial charge in [0.25, 0.3) is 0 Å². The van der Waals surface area contributed by atoms with Crippen molar-refractivity contribution in [3.8, 4) is 0 Å². The molecular formula is C23H30N4O2. The molecule has 4 rings (SSSR count). The van der Waals surface area contributed by atoms with E-state index >= 15 is 0 Å². The molecule has 29 heavy (non-hydrogen) atoms. The molecule has 2 unspecified atom stereocenters. The fraction of sp³-hybridized carbons (Fsp3) is 0.522. The van der Waals surface area contributed by atoms with Gasteiger partial charge in [0, 0.05) is 55.9 Å². The number of hydrogen-bond donors (Lipinski definition) is 0. The Morgan fingerprint density at radius 3 is 2.59 bits per heavy atom. The largest absolute Gasteiger partial charge is 0.461 e. The Hall–Kier alpha value is -2.63. The number of rotatable bonds is 5. The molecule has 2 fully saturated rings. The van der Waals surface area contributed by atoms with Crippen LogP contribution in [0.25, 0.3) is 6.08 Å². The van der Waals surface area contributed by atoms with E-state index < -0.39 is 0 Å². The summed E-state index contributed by atoms with van der Waals surface area (Å²) in [7, 11) is 0. The first-order valence-corrected chi connectivity index (χ1v) is 10.6. The quantitative estimate of drug-likeness (QED) is 0.718. The molecule has 2 atom stereocenters. The van der Waals surface area contributed by atoms with Crippen LogP contribution in [0.15, 0.2) is 28.7 Å². The van der Waals surface area contributed by atoms with Crippen LogP contribution in [0, 0.1) is 12.8 Å². The highest BCUT2D eigenvalue weighted by molar-refractivity contribution is 5.91. The van der Waals surface area contributed by atoms with E-state index in [0.717, 1.165) is 41.9 Å². The predicted octanol–water partition coefficient (Wildman–Crippen LogP) is 3.99. The fourth-order valence-electron chi connectivity index (χ4n) is 3.79. The molecule has 0 aromatic carbocycles. The van der Waals surface area contributed by atoms with Crippen LogP contribution < -0.4 is 4.90 Å². The molecule has 2 aliphatic rings. The number of hydrogen-bond acceptors (Lipinski definition) is 5. The van der Waals surface area contributed by atoms with E-state index in [1.807, 2.05) is 30.0 Å². The molecule has 6 nitrogen and oxygen atoms in total. The smallest absolute Gasteiger partial charge is 0.246 e. The van der Waals surface area contributed by atoms with Crippen LogP contribution in [-0.2, 0) is 4.79 Å². The van der Waals surface area contributed by atoms with Gasteiger partial charge in [-0.1, -0.05) is 20.8 Å². The zero-order valence-corrected chi connectivity index (χ0v) is 17.8. The minimum absolute atomic E-state index is 0.0316. The number of furan rings is 1. The third kappa shape index (κ3) is 4.52. The number of piperazine rings is 1. The minimum atomic E-state index is 0.0316. The van der Waals surface area contributed by atoms with Crippen LogP contribution in [-0.4, -0.2) is 47.0 Å². The van der Waals surface area contributed by atoms with Gasteiger partial charge in [0.15, 0.2) is 0 Å². The third-order valence-electron chi connectivity index (χ3n) is 5.80. The first-order chi connectivity index (χ1) is 13.9. The Bertz CT molecular complexity index is 909. The van der Waals surface area contributed by atoms with Crippen LogP contribution in [0.2, 0.25) is 0 Å². The molecule has 154 valence electrons. The van der Waals surface area contributed by atoms with Crippen molar-refractivity contribution in [2.24, 2.45) is 5.92 Å². The Morgan fingerprint density at radius 2 is 1.93 bits per heavy atom. The molecular weight excluding hydrogens is 364 g/mol. The van der Waals surface area contributed by atoms with Crippen LogP contribution in [0.3, 0.4) is 0 Å². The summed E-state index contributed by atoms with van der Waals surface area (Å²) in [6, 6.07) is 6.01. The average molecular weight is 395 g/mol. The van der Waals surface area contributed by atoms with E-state index in [1.54, 1.807) is 12.2 Å². The summed E-state index contributed by atoms with van der Waals surface area (Å²) in [5, 5.41) is 0. The first-order valence-electron chi connectivity index (χ1n) is 10.6. The second-order valence-corrected chi connectivity index (χ2v) is 8.59. The van der Waals surface area contributed by atoms with E-state index in [0.29, 0.717) is 30.8 Å². The van der Waals surface area contributed by atoms with Gasteiger partial charge in [0.05, 0.1) is 0 Å². The minimum Gasteiger partial charge on any atom is -0.461 e. The van der Waals surface area contributed by atoms with Crippen molar-refractivity contribution in [3.05, 3.63) is 47.3 Å². The van der Waals surface area contributed by atoms with Gasteiger partial charge in [-0.05, 0) is 37.5 Å². The highest BCUT2D eigenvalue weighted by atomic mass is 16.3. The summed E-state index contributed by atoms with van der Waals surface area (Å²) >= 11 is 0. The molecule has 0 bridgehead atoms. The molecule has 0 radical (unpaired) electrons. The Morgan fingerprint density at radius 1 is 1.21 bits per heavy atom. The van der Waals surface area contributed by atoms with Crippen molar-refractivity contribution in [3.63, 3.8) is 0 Å². The number of aromatic nitrogens is 2. The highest BCUT2D eigenvalue weighted by Crippen LogP contribution is 2.47. The number of carbonyl (C=O) groups is 1. The lowest BCUT2D eigenvalue weighted by atomic mass is 10.2. The Labute approximate surface area is 172 Å². The zero-order valence-electron chi connectivity index (χ0n) is 17.8. The first kappa shape index (κ1) is 19.7. The molecule has 1 aliphatic carbocycles. The molecule has 1 amide bonds. The lowest BCUT2D eigenvalue weighted by Gasteiger charge is -2.35. The Balaban J connectivity index is 1.33. The van der Waals surface area contributed by atoms with E-state index in [2.05, 4.69) is 30.7 Å². The van der Waals surface area contributed by atoms with Crippen LogP contribution in [0.4, 0.5) is 5.82 Å². The molecule has 3 heterocycles. The summed E-state index contributed by atoms with van der Waals surface area (Å²) < 4.78 is 5.85. The second-order valence-electron chi connectivity index (χ2n) is 8.59. The third-order valence-corrected chi connectivity index (χ3v) is 5.80. The second kappa shape index (κ2) is 8.01. The molecule has 0 spiro atoms. The van der Waals surface area contributed by atoms with E-state index in [4.69, 9.17) is 9.40 Å². The topological polar surface area (TPSA) is 62.5 Å². The number of nitrogens with zero attached hydrogens (tertiary/aromatic N) is 4. The molecule has 1 saturated heterocycles. The number of carbonyl (C=O) groups excluding carboxylic acids is 1. The maximum absolute atomic E-state index is 12.6. The number of anilines is 1. The standard InChI is InChI=1S/C23H30N4O2/c1-15(2)23-24-17(4)14-21(25-23)26-9-11-27(12-10-26)22(28)8-6-18-5-7-20(29-18)19-13-16(19)3/h5-8,14-16,19H,9-13H2,1-4H3/b8-6+. The van der Waals surface area contributed by atoms with E-state index in [1.165, 1.54) is 6.42 Å². The number of amides is 1. The van der Waals surface area contributed by atoms with Gasteiger partial charge in [0.2, 0.25) is 5.91 Å². The summed E-state index contributed by atoms with van der Waals surface area (Å²) in [5.41, 5.74) is 0.985. The van der Waals surface area contributed by atoms with Crippen molar-refractivity contribution in [2.45, 2.75) is 46.0 Å². The summed E-state index contributed by atoms with van der Waals surface area (Å²) in [5.74, 6) is 5.23. The summed E-state index contributed by atoms with van der Waals surface area (Å²) in [4.78, 5) is 25.9. The normalized spacial score (nSPS) is 22.0. The summed E-state index contributed by atoms with van der Waals surface area (Å²) in [6.45, 7) is 11.4. The van der Waals surface area contributed by atoms with Crippen LogP contribution in [0.1, 0.15) is 62.1 Å². The van der Waals surface area contributed by atoms with Crippen molar-refractivity contribution >= 4 is 17.8 Å². The van der Waals surface area contributed by atoms with E-state index in [-0.39, 0.29) is 5.91 Å². The maximum Gasteiger partial charge on any atom is 0.246 e. The monoisotopic (exact) mass is 394 g/mol. The lowest BCUT2D eigenvalue weighted by Crippen LogP contribution is -2.48. The SMILES string of the molecule is Cc1cc(N2CCN(C(=O)/C=C/c3ccc(C4CC4C)o3)CC2)nc(C(C)C)n1. The van der Waals surface area contributed by atoms with Gasteiger partial charge in [-0.25, -0.2) is 9.97 Å². The maximum atomic E-state index is 12.6. The van der Waals surface area contributed by atoms with Crippen LogP contribution in [0.5, 0.6) is 0 Å². The molecule has 6 heteroatoms. The molecule has 2 aromatic heterocycles. The highest BCUT2D eigenvalue weighted by Gasteiger charge is 2.36. The van der Waals surface area contributed by atoms with Crippen LogP contribution >= 0.6 is 0 Å². The molecule has 1 saturated carbocycles. The van der Waals surface area contributed by atoms with Gasteiger partial charge in [-0.2, -0.15) is 0 Å². The van der Waals surface area contributed by atoms with Crippen molar-refractivity contribution in [1.29, 1.82) is 0 Å². The van der Waals surface area contributed by atoms with Crippen molar-refractivity contribution in [2.75, 3.05) is 31.1 Å². The molecule has 2 aromatic rings. The fourth-order valence-corrected chi connectivity index (χ4v) is 3.79.